The summed E-state index contributed by atoms with van der Waals surface area (Å²) in [5.74, 6) is -0.0804. The van der Waals surface area contributed by atoms with E-state index >= 15 is 0 Å². The van der Waals surface area contributed by atoms with Gasteiger partial charge in [0.05, 0.1) is 5.39 Å². The van der Waals surface area contributed by atoms with Crippen LogP contribution in [0.1, 0.15) is 20.8 Å². The van der Waals surface area contributed by atoms with Gasteiger partial charge in [-0.3, -0.25) is 0 Å². The molecule has 3 rings (SSSR count). The molecule has 10 heteroatoms. The van der Waals surface area contributed by atoms with Crippen molar-refractivity contribution in [2.45, 2.75) is 26.4 Å². The summed E-state index contributed by atoms with van der Waals surface area (Å²) in [6.07, 6.45) is 1.16. The minimum Gasteiger partial charge on any atom is -0.444 e. The molecule has 0 N–H and O–H groups in total. The van der Waals surface area contributed by atoms with Crippen molar-refractivity contribution in [1.82, 2.24) is 19.9 Å². The summed E-state index contributed by atoms with van der Waals surface area (Å²) in [5.41, 5.74) is -0.433. The van der Waals surface area contributed by atoms with Crippen molar-refractivity contribution in [3.63, 3.8) is 0 Å². The second kappa shape index (κ2) is 7.11. The number of anilines is 1. The van der Waals surface area contributed by atoms with Crippen LogP contribution in [0.2, 0.25) is 5.28 Å². The van der Waals surface area contributed by atoms with E-state index < -0.39 is 11.4 Å². The molecule has 1 fully saturated rings. The largest absolute Gasteiger partial charge is 0.444 e. The first-order valence-electron chi connectivity index (χ1n) is 8.06. The van der Waals surface area contributed by atoms with Crippen molar-refractivity contribution in [2.24, 2.45) is 0 Å². The molecule has 0 spiro atoms. The van der Waals surface area contributed by atoms with Crippen LogP contribution in [0.5, 0.6) is 0 Å². The Morgan fingerprint density at radius 3 is 2.54 bits per heavy atom. The molecule has 1 aliphatic heterocycles. The molecule has 7 nitrogen and oxygen atoms in total. The Bertz CT molecular complexity index is 853. The average molecular weight is 447 g/mol. The number of fused-ring (bicyclic) bond motifs is 1. The van der Waals surface area contributed by atoms with E-state index in [1.165, 1.54) is 6.20 Å². The van der Waals surface area contributed by atoms with Gasteiger partial charge in [0.1, 0.15) is 21.5 Å². The van der Waals surface area contributed by atoms with E-state index in [2.05, 4.69) is 30.9 Å². The summed E-state index contributed by atoms with van der Waals surface area (Å²) in [4.78, 5) is 28.0. The SMILES string of the molecule is CC(C)(C)OC(=O)N1CCN(c2nc(Cl)nc3c(F)c(Br)ncc23)CC1. The normalized spacial score (nSPS) is 15.5. The summed E-state index contributed by atoms with van der Waals surface area (Å²) < 4.78 is 19.8. The van der Waals surface area contributed by atoms with Gasteiger partial charge < -0.3 is 14.5 Å². The van der Waals surface area contributed by atoms with Gasteiger partial charge in [-0.05, 0) is 48.3 Å². The lowest BCUT2D eigenvalue weighted by molar-refractivity contribution is 0.0240. The molecule has 0 bridgehead atoms. The van der Waals surface area contributed by atoms with Crippen LogP contribution in [-0.4, -0.2) is 57.7 Å². The van der Waals surface area contributed by atoms with Gasteiger partial charge in [-0.15, -0.1) is 0 Å². The van der Waals surface area contributed by atoms with Crippen molar-refractivity contribution in [2.75, 3.05) is 31.1 Å². The highest BCUT2D eigenvalue weighted by atomic mass is 79.9. The molecule has 1 saturated heterocycles. The fraction of sp³-hybridized carbons (Fsp3) is 0.500. The maximum absolute atomic E-state index is 14.3. The average Bonchev–Trinajstić information content (AvgIpc) is 2.56. The maximum atomic E-state index is 14.3. The Balaban J connectivity index is 1.82. The number of piperazine rings is 1. The monoisotopic (exact) mass is 445 g/mol. The molecule has 140 valence electrons. The minimum atomic E-state index is -0.583. The van der Waals surface area contributed by atoms with E-state index in [4.69, 9.17) is 16.3 Å². The van der Waals surface area contributed by atoms with E-state index in [0.717, 1.165) is 0 Å². The molecule has 0 aliphatic carbocycles. The zero-order valence-electron chi connectivity index (χ0n) is 14.6. The lowest BCUT2D eigenvalue weighted by Gasteiger charge is -2.36. The van der Waals surface area contributed by atoms with Crippen LogP contribution in [0, 0.1) is 5.82 Å². The standard InChI is InChI=1S/C16H18BrClFN5O2/c1-16(2,3)26-15(25)24-6-4-23(5-7-24)13-9-8-20-12(17)10(19)11(9)21-14(18)22-13/h8H,4-7H2,1-3H3. The Hall–Kier alpha value is -1.74. The zero-order chi connectivity index (χ0) is 19.1. The number of ether oxygens (including phenoxy) is 1. The first-order chi connectivity index (χ1) is 12.2. The molecule has 0 atom stereocenters. The van der Waals surface area contributed by atoms with Gasteiger partial charge in [-0.2, -0.15) is 4.98 Å². The second-order valence-corrected chi connectivity index (χ2v) is 7.99. The Morgan fingerprint density at radius 2 is 1.92 bits per heavy atom. The third-order valence-corrected chi connectivity index (χ3v) is 4.55. The van der Waals surface area contributed by atoms with Crippen LogP contribution in [0.4, 0.5) is 15.0 Å². The maximum Gasteiger partial charge on any atom is 0.410 e. The summed E-state index contributed by atoms with van der Waals surface area (Å²) in [7, 11) is 0. The van der Waals surface area contributed by atoms with Crippen molar-refractivity contribution in [1.29, 1.82) is 0 Å². The van der Waals surface area contributed by atoms with Gasteiger partial charge in [-0.1, -0.05) is 0 Å². The Kier molecular flexibility index (Phi) is 5.21. The van der Waals surface area contributed by atoms with Crippen LogP contribution in [0.25, 0.3) is 10.9 Å². The van der Waals surface area contributed by atoms with Crippen molar-refractivity contribution >= 4 is 50.3 Å². The molecule has 1 amide bonds. The van der Waals surface area contributed by atoms with E-state index in [-0.39, 0.29) is 21.5 Å². The number of hydrogen-bond acceptors (Lipinski definition) is 6. The number of hydrogen-bond donors (Lipinski definition) is 0. The number of carbonyl (C=O) groups is 1. The molecule has 0 radical (unpaired) electrons. The van der Waals surface area contributed by atoms with Crippen LogP contribution >= 0.6 is 27.5 Å². The van der Waals surface area contributed by atoms with Gasteiger partial charge in [-0.25, -0.2) is 19.2 Å². The third kappa shape index (κ3) is 3.98. The smallest absolute Gasteiger partial charge is 0.410 e. The molecule has 0 aromatic carbocycles. The predicted molar refractivity (Wildman–Crippen MR) is 100 cm³/mol. The fourth-order valence-electron chi connectivity index (χ4n) is 2.66. The van der Waals surface area contributed by atoms with Gasteiger partial charge >= 0.3 is 6.09 Å². The van der Waals surface area contributed by atoms with E-state index in [1.54, 1.807) is 4.90 Å². The second-order valence-electron chi connectivity index (χ2n) is 6.90. The molecule has 2 aromatic rings. The van der Waals surface area contributed by atoms with Gasteiger partial charge in [0.25, 0.3) is 0 Å². The Labute approximate surface area is 163 Å². The van der Waals surface area contributed by atoms with Gasteiger partial charge in [0.2, 0.25) is 5.28 Å². The molecular weight excluding hydrogens is 429 g/mol. The summed E-state index contributed by atoms with van der Waals surface area (Å²) in [6, 6.07) is 0. The first-order valence-corrected chi connectivity index (χ1v) is 9.23. The molecule has 0 unspecified atom stereocenters. The van der Waals surface area contributed by atoms with Crippen LogP contribution in [0.3, 0.4) is 0 Å². The number of rotatable bonds is 1. The highest BCUT2D eigenvalue weighted by Gasteiger charge is 2.27. The molecule has 3 heterocycles. The van der Waals surface area contributed by atoms with Gasteiger partial charge in [0, 0.05) is 32.4 Å². The summed E-state index contributed by atoms with van der Waals surface area (Å²) in [5, 5.41) is 0.430. The number of nitrogens with zero attached hydrogens (tertiary/aromatic N) is 5. The van der Waals surface area contributed by atoms with E-state index in [1.807, 2.05) is 25.7 Å². The van der Waals surface area contributed by atoms with Crippen molar-refractivity contribution < 1.29 is 13.9 Å². The predicted octanol–water partition coefficient (Wildman–Crippen LogP) is 3.64. The molecule has 26 heavy (non-hydrogen) atoms. The highest BCUT2D eigenvalue weighted by Crippen LogP contribution is 2.29. The molecule has 1 aliphatic rings. The summed E-state index contributed by atoms with van der Waals surface area (Å²) in [6.45, 7) is 7.44. The Morgan fingerprint density at radius 1 is 1.27 bits per heavy atom. The van der Waals surface area contributed by atoms with Crippen molar-refractivity contribution in [3.8, 4) is 0 Å². The third-order valence-electron chi connectivity index (χ3n) is 3.83. The number of carbonyl (C=O) groups excluding carboxylic acids is 1. The quantitative estimate of drug-likeness (QED) is 0.492. The lowest BCUT2D eigenvalue weighted by atomic mass is 10.2. The van der Waals surface area contributed by atoms with Crippen LogP contribution in [-0.2, 0) is 4.74 Å². The van der Waals surface area contributed by atoms with Crippen molar-refractivity contribution in [3.05, 3.63) is 21.9 Å². The summed E-state index contributed by atoms with van der Waals surface area (Å²) >= 11 is 9.03. The van der Waals surface area contributed by atoms with Gasteiger partial charge in [0.15, 0.2) is 5.82 Å². The fourth-order valence-corrected chi connectivity index (χ4v) is 3.12. The lowest BCUT2D eigenvalue weighted by Crippen LogP contribution is -2.50. The molecule has 0 saturated carbocycles. The minimum absolute atomic E-state index is 0.0425. The molecular formula is C16H18BrClFN5O2. The highest BCUT2D eigenvalue weighted by molar-refractivity contribution is 9.10. The zero-order valence-corrected chi connectivity index (χ0v) is 16.9. The number of amides is 1. The van der Waals surface area contributed by atoms with Crippen LogP contribution in [0.15, 0.2) is 10.8 Å². The number of aromatic nitrogens is 3. The van der Waals surface area contributed by atoms with E-state index in [0.29, 0.717) is 37.4 Å². The first kappa shape index (κ1) is 19.0. The van der Waals surface area contributed by atoms with Crippen LogP contribution < -0.4 is 4.90 Å². The number of halogens is 3. The topological polar surface area (TPSA) is 71.5 Å². The van der Waals surface area contributed by atoms with E-state index in [9.17, 15) is 9.18 Å². The molecule has 2 aromatic heterocycles. The number of pyridine rings is 1.